The van der Waals surface area contributed by atoms with E-state index in [1.54, 1.807) is 7.11 Å². The number of amidine groups is 1. The topological polar surface area (TPSA) is 103 Å². The van der Waals surface area contributed by atoms with Crippen LogP contribution in [0.4, 0.5) is 5.69 Å². The molecular formula is C20H27N3O4S. The first kappa shape index (κ1) is 19.5. The lowest BCUT2D eigenvalue weighted by atomic mass is 9.81. The first-order valence-corrected chi connectivity index (χ1v) is 10.7. The number of methoxy groups -OCH3 is 1. The third-order valence-corrected chi connectivity index (χ3v) is 7.18. The minimum Gasteiger partial charge on any atom is -0.497 e. The molecule has 4 rings (SSSR count). The van der Waals surface area contributed by atoms with Gasteiger partial charge in [-0.2, -0.15) is 0 Å². The molecule has 0 bridgehead atoms. The number of thioether (sulfide) groups is 1. The zero-order valence-electron chi connectivity index (χ0n) is 15.9. The van der Waals surface area contributed by atoms with E-state index in [1.807, 2.05) is 24.3 Å². The van der Waals surface area contributed by atoms with Crippen LogP contribution in [0.5, 0.6) is 5.75 Å². The van der Waals surface area contributed by atoms with Crippen molar-refractivity contribution in [3.05, 3.63) is 24.3 Å². The van der Waals surface area contributed by atoms with Crippen LogP contribution in [0.3, 0.4) is 0 Å². The number of rotatable bonds is 4. The summed E-state index contributed by atoms with van der Waals surface area (Å²) in [5.41, 5.74) is 0.854. The summed E-state index contributed by atoms with van der Waals surface area (Å²) in [6, 6.07) is 7.23. The Labute approximate surface area is 169 Å². The van der Waals surface area contributed by atoms with E-state index in [0.717, 1.165) is 37.1 Å². The average Bonchev–Trinajstić information content (AvgIpc) is 3.35. The van der Waals surface area contributed by atoms with Gasteiger partial charge in [0.25, 0.3) is 0 Å². The van der Waals surface area contributed by atoms with Crippen LogP contribution >= 0.6 is 11.8 Å². The Kier molecular flexibility index (Phi) is 5.80. The van der Waals surface area contributed by atoms with Gasteiger partial charge in [0.1, 0.15) is 11.9 Å². The van der Waals surface area contributed by atoms with E-state index < -0.39 is 18.2 Å². The predicted octanol–water partition coefficient (Wildman–Crippen LogP) is 1.75. The number of fused-ring (bicyclic) bond motifs is 1. The van der Waals surface area contributed by atoms with Crippen LogP contribution < -0.4 is 15.4 Å². The van der Waals surface area contributed by atoms with E-state index in [0.29, 0.717) is 5.17 Å². The predicted molar refractivity (Wildman–Crippen MR) is 110 cm³/mol. The fourth-order valence-electron chi connectivity index (χ4n) is 4.28. The molecule has 0 aromatic heterocycles. The van der Waals surface area contributed by atoms with E-state index in [2.05, 4.69) is 15.6 Å². The quantitative estimate of drug-likeness (QED) is 0.609. The standard InChI is InChI=1S/C20H27N3O4S/c1-27-13-8-6-12(7-9-13)22-20-23-16-17(25)15(24)10-14(18(16)28-20)19(26)21-11-4-2-3-5-11/h6-9,11,14-18,24-25H,2-5,10H2,1H3,(H,21,26)(H,22,23)/t14-,15+,16+,17-,18+/m0/s1. The van der Waals surface area contributed by atoms with Crippen LogP contribution in [0.1, 0.15) is 32.1 Å². The van der Waals surface area contributed by atoms with Gasteiger partial charge in [0.2, 0.25) is 5.91 Å². The molecule has 1 aromatic rings. The number of aliphatic hydroxyl groups is 2. The fraction of sp³-hybridized carbons (Fsp3) is 0.600. The van der Waals surface area contributed by atoms with Crippen molar-refractivity contribution in [2.24, 2.45) is 10.9 Å². The molecule has 0 spiro atoms. The molecule has 8 heteroatoms. The molecule has 0 saturated heterocycles. The molecule has 1 aromatic carbocycles. The molecule has 28 heavy (non-hydrogen) atoms. The third-order valence-electron chi connectivity index (χ3n) is 5.87. The smallest absolute Gasteiger partial charge is 0.224 e. The van der Waals surface area contributed by atoms with Gasteiger partial charge in [-0.05, 0) is 43.5 Å². The maximum absolute atomic E-state index is 12.9. The number of carbonyl (C=O) groups excluding carboxylic acids is 1. The summed E-state index contributed by atoms with van der Waals surface area (Å²) in [6.45, 7) is 0. The molecule has 4 N–H and O–H groups in total. The number of amides is 1. The van der Waals surface area contributed by atoms with Crippen molar-refractivity contribution in [1.82, 2.24) is 5.32 Å². The first-order valence-electron chi connectivity index (χ1n) is 9.87. The molecule has 2 fully saturated rings. The number of hydrogen-bond acceptors (Lipinski definition) is 7. The molecule has 7 nitrogen and oxygen atoms in total. The Morgan fingerprint density at radius 1 is 1.21 bits per heavy atom. The zero-order chi connectivity index (χ0) is 19.7. The highest BCUT2D eigenvalue weighted by atomic mass is 32.2. The molecule has 1 heterocycles. The van der Waals surface area contributed by atoms with Crippen molar-refractivity contribution in [3.8, 4) is 5.75 Å². The van der Waals surface area contributed by atoms with E-state index in [4.69, 9.17) is 4.74 Å². The summed E-state index contributed by atoms with van der Waals surface area (Å²) >= 11 is 1.48. The second kappa shape index (κ2) is 8.31. The van der Waals surface area contributed by atoms with E-state index in [1.165, 1.54) is 11.8 Å². The van der Waals surface area contributed by atoms with Crippen LogP contribution in [0.2, 0.25) is 0 Å². The van der Waals surface area contributed by atoms with Crippen LogP contribution in [-0.2, 0) is 4.79 Å². The van der Waals surface area contributed by atoms with Crippen molar-refractivity contribution in [3.63, 3.8) is 0 Å². The molecule has 2 aliphatic carbocycles. The van der Waals surface area contributed by atoms with Gasteiger partial charge in [-0.15, -0.1) is 0 Å². The normalized spacial score (nSPS) is 32.5. The average molecular weight is 406 g/mol. The summed E-state index contributed by atoms with van der Waals surface area (Å²) in [4.78, 5) is 17.5. The Morgan fingerprint density at radius 3 is 2.61 bits per heavy atom. The number of anilines is 1. The highest BCUT2D eigenvalue weighted by Crippen LogP contribution is 2.41. The number of benzene rings is 1. The Balaban J connectivity index is 1.46. The minimum absolute atomic E-state index is 0.0266. The molecule has 3 aliphatic rings. The van der Waals surface area contributed by atoms with Gasteiger partial charge in [-0.25, -0.2) is 0 Å². The largest absolute Gasteiger partial charge is 0.497 e. The van der Waals surface area contributed by atoms with Crippen LogP contribution in [0, 0.1) is 5.92 Å². The molecule has 1 amide bonds. The Morgan fingerprint density at radius 2 is 1.93 bits per heavy atom. The SMILES string of the molecule is COc1ccc(NC2=N[C@@H]3[C@@H](O)[C@H](O)C[C@H](C(=O)NC4CCCC4)[C@H]3S2)cc1. The maximum Gasteiger partial charge on any atom is 0.224 e. The number of ether oxygens (including phenoxy) is 1. The van der Waals surface area contributed by atoms with Crippen molar-refractivity contribution in [2.75, 3.05) is 12.4 Å². The monoisotopic (exact) mass is 405 g/mol. The number of aliphatic imine (C=N–C) groups is 1. The van der Waals surface area contributed by atoms with Gasteiger partial charge >= 0.3 is 0 Å². The van der Waals surface area contributed by atoms with Gasteiger partial charge in [0.05, 0.1) is 25.2 Å². The molecule has 152 valence electrons. The van der Waals surface area contributed by atoms with Crippen molar-refractivity contribution >= 4 is 28.5 Å². The number of carbonyl (C=O) groups is 1. The van der Waals surface area contributed by atoms with Gasteiger partial charge in [0, 0.05) is 17.0 Å². The molecule has 0 radical (unpaired) electrons. The second-order valence-electron chi connectivity index (χ2n) is 7.75. The number of nitrogens with one attached hydrogen (secondary N) is 2. The first-order chi connectivity index (χ1) is 13.5. The minimum atomic E-state index is -0.955. The van der Waals surface area contributed by atoms with Crippen LogP contribution in [0.15, 0.2) is 29.3 Å². The van der Waals surface area contributed by atoms with E-state index in [9.17, 15) is 15.0 Å². The lowest BCUT2D eigenvalue weighted by molar-refractivity contribution is -0.130. The van der Waals surface area contributed by atoms with Crippen LogP contribution in [0.25, 0.3) is 0 Å². The third kappa shape index (κ3) is 3.99. The molecule has 1 aliphatic heterocycles. The number of aliphatic hydroxyl groups excluding tert-OH is 2. The van der Waals surface area contributed by atoms with Crippen LogP contribution in [-0.4, -0.2) is 57.9 Å². The molecular weight excluding hydrogens is 378 g/mol. The van der Waals surface area contributed by atoms with E-state index in [-0.39, 0.29) is 29.5 Å². The Hall–Kier alpha value is -1.77. The lowest BCUT2D eigenvalue weighted by Crippen LogP contribution is -2.54. The molecule has 0 unspecified atom stereocenters. The van der Waals surface area contributed by atoms with Gasteiger partial charge in [-0.3, -0.25) is 9.79 Å². The fourth-order valence-corrected chi connectivity index (χ4v) is 5.66. The zero-order valence-corrected chi connectivity index (χ0v) is 16.7. The van der Waals surface area contributed by atoms with Gasteiger partial charge in [-0.1, -0.05) is 24.6 Å². The lowest BCUT2D eigenvalue weighted by Gasteiger charge is -2.37. The number of nitrogens with zero attached hydrogens (tertiary/aromatic N) is 1. The summed E-state index contributed by atoms with van der Waals surface area (Å²) in [5.74, 6) is 0.372. The van der Waals surface area contributed by atoms with E-state index >= 15 is 0 Å². The summed E-state index contributed by atoms with van der Waals surface area (Å²) in [6.07, 6.45) is 2.71. The summed E-state index contributed by atoms with van der Waals surface area (Å²) in [7, 11) is 1.62. The second-order valence-corrected chi connectivity index (χ2v) is 8.92. The summed E-state index contributed by atoms with van der Waals surface area (Å²) < 4.78 is 5.17. The van der Waals surface area contributed by atoms with Gasteiger partial charge < -0.3 is 25.6 Å². The van der Waals surface area contributed by atoms with Crippen molar-refractivity contribution in [1.29, 1.82) is 0 Å². The van der Waals surface area contributed by atoms with Gasteiger partial charge in [0.15, 0.2) is 5.17 Å². The molecule has 5 atom stereocenters. The highest BCUT2D eigenvalue weighted by molar-refractivity contribution is 8.15. The summed E-state index contributed by atoms with van der Waals surface area (Å²) in [5, 5.41) is 27.6. The highest BCUT2D eigenvalue weighted by Gasteiger charge is 2.50. The maximum atomic E-state index is 12.9. The Bertz CT molecular complexity index is 735. The van der Waals surface area contributed by atoms with Crippen molar-refractivity contribution in [2.45, 2.75) is 61.6 Å². The number of hydrogen-bond donors (Lipinski definition) is 4. The van der Waals surface area contributed by atoms with Crippen molar-refractivity contribution < 1.29 is 19.7 Å². The molecule has 2 saturated carbocycles.